The number of rotatable bonds is 2. The Balaban J connectivity index is 1.70. The summed E-state index contributed by atoms with van der Waals surface area (Å²) in [7, 11) is 0. The van der Waals surface area contributed by atoms with Crippen LogP contribution in [0.25, 0.3) is 0 Å². The minimum absolute atomic E-state index is 0.0304. The Kier molecular flexibility index (Phi) is 3.30. The van der Waals surface area contributed by atoms with Crippen LogP contribution in [0.3, 0.4) is 0 Å². The molecule has 0 bridgehead atoms. The number of fused-ring (bicyclic) bond motifs is 1. The molecule has 4 heteroatoms. The molecule has 0 saturated carbocycles. The van der Waals surface area contributed by atoms with Crippen LogP contribution in [0.15, 0.2) is 24.3 Å². The summed E-state index contributed by atoms with van der Waals surface area (Å²) in [4.78, 5) is 20.1. The molecular formula is C16H19N3O. The second-order valence-corrected chi connectivity index (χ2v) is 5.55. The van der Waals surface area contributed by atoms with E-state index in [1.165, 1.54) is 0 Å². The molecule has 0 fully saturated rings. The monoisotopic (exact) mass is 269 g/mol. The van der Waals surface area contributed by atoms with Crippen LogP contribution in [0.1, 0.15) is 29.2 Å². The molecule has 0 spiro atoms. The second-order valence-electron chi connectivity index (χ2n) is 5.55. The van der Waals surface area contributed by atoms with Gasteiger partial charge in [-0.05, 0) is 44.4 Å². The van der Waals surface area contributed by atoms with Gasteiger partial charge in [-0.1, -0.05) is 12.1 Å². The van der Waals surface area contributed by atoms with Crippen LogP contribution < -0.4 is 5.32 Å². The highest BCUT2D eigenvalue weighted by molar-refractivity contribution is 5.92. The van der Waals surface area contributed by atoms with Crippen LogP contribution in [0.2, 0.25) is 0 Å². The number of anilines is 1. The van der Waals surface area contributed by atoms with Crippen molar-refractivity contribution in [2.75, 3.05) is 5.32 Å². The van der Waals surface area contributed by atoms with Crippen LogP contribution in [0, 0.1) is 19.8 Å². The molecule has 1 atom stereocenters. The molecule has 0 aliphatic heterocycles. The fraction of sp³-hybridized carbons (Fsp3) is 0.375. The van der Waals surface area contributed by atoms with Gasteiger partial charge in [-0.15, -0.1) is 0 Å². The predicted molar refractivity (Wildman–Crippen MR) is 78.6 cm³/mol. The standard InChI is InChI=1S/C16H19N3O/c1-10-4-3-5-13(8-10)19-16(20)12-6-7-14-15(9-12)18-11(2)17-14/h3-5,8,12H,6-7,9H2,1-2H3,(H,17,18)(H,19,20). The van der Waals surface area contributed by atoms with Gasteiger partial charge in [-0.2, -0.15) is 0 Å². The third-order valence-electron chi connectivity index (χ3n) is 3.82. The van der Waals surface area contributed by atoms with Gasteiger partial charge in [-0.3, -0.25) is 4.79 Å². The summed E-state index contributed by atoms with van der Waals surface area (Å²) in [6, 6.07) is 7.91. The normalized spacial score (nSPS) is 17.6. The molecule has 4 nitrogen and oxygen atoms in total. The maximum absolute atomic E-state index is 12.3. The van der Waals surface area contributed by atoms with E-state index in [0.29, 0.717) is 0 Å². The number of nitrogens with one attached hydrogen (secondary N) is 2. The number of hydrogen-bond acceptors (Lipinski definition) is 2. The van der Waals surface area contributed by atoms with Gasteiger partial charge < -0.3 is 10.3 Å². The quantitative estimate of drug-likeness (QED) is 0.880. The molecular weight excluding hydrogens is 250 g/mol. The first-order chi connectivity index (χ1) is 9.61. The number of amides is 1. The maximum Gasteiger partial charge on any atom is 0.227 e. The number of H-pyrrole nitrogens is 1. The number of carbonyl (C=O) groups is 1. The largest absolute Gasteiger partial charge is 0.346 e. The molecule has 1 aliphatic carbocycles. The third kappa shape index (κ3) is 2.59. The molecule has 1 amide bonds. The number of nitrogens with zero attached hydrogens (tertiary/aromatic N) is 1. The zero-order valence-corrected chi connectivity index (χ0v) is 11.9. The number of aromatic nitrogens is 2. The van der Waals surface area contributed by atoms with Crippen molar-refractivity contribution in [1.29, 1.82) is 0 Å². The Bertz CT molecular complexity index is 645. The molecule has 0 saturated heterocycles. The van der Waals surface area contributed by atoms with E-state index in [1.807, 2.05) is 38.1 Å². The van der Waals surface area contributed by atoms with Crippen molar-refractivity contribution in [3.63, 3.8) is 0 Å². The van der Waals surface area contributed by atoms with E-state index in [1.54, 1.807) is 0 Å². The highest BCUT2D eigenvalue weighted by atomic mass is 16.1. The lowest BCUT2D eigenvalue weighted by Crippen LogP contribution is -2.28. The van der Waals surface area contributed by atoms with Crippen molar-refractivity contribution in [3.8, 4) is 0 Å². The van der Waals surface area contributed by atoms with Gasteiger partial charge in [0, 0.05) is 23.7 Å². The molecule has 1 aliphatic rings. The number of imidazole rings is 1. The number of aryl methyl sites for hydroxylation is 3. The smallest absolute Gasteiger partial charge is 0.227 e. The SMILES string of the molecule is Cc1cccc(NC(=O)C2CCc3nc(C)[nH]c3C2)c1. The number of carbonyl (C=O) groups excluding carboxylic acids is 1. The molecule has 1 aromatic heterocycles. The van der Waals surface area contributed by atoms with Crippen LogP contribution in [-0.4, -0.2) is 15.9 Å². The van der Waals surface area contributed by atoms with Gasteiger partial charge in [0.1, 0.15) is 5.82 Å². The highest BCUT2D eigenvalue weighted by Crippen LogP contribution is 2.25. The van der Waals surface area contributed by atoms with Gasteiger partial charge in [-0.25, -0.2) is 4.98 Å². The molecule has 2 aromatic rings. The van der Waals surface area contributed by atoms with Crippen molar-refractivity contribution in [1.82, 2.24) is 9.97 Å². The molecule has 3 rings (SSSR count). The molecule has 0 radical (unpaired) electrons. The van der Waals surface area contributed by atoms with E-state index in [2.05, 4.69) is 15.3 Å². The van der Waals surface area contributed by atoms with Gasteiger partial charge in [0.05, 0.1) is 5.69 Å². The number of hydrogen-bond donors (Lipinski definition) is 2. The molecule has 20 heavy (non-hydrogen) atoms. The fourth-order valence-electron chi connectivity index (χ4n) is 2.81. The van der Waals surface area contributed by atoms with Gasteiger partial charge in [0.25, 0.3) is 0 Å². The summed E-state index contributed by atoms with van der Waals surface area (Å²) >= 11 is 0. The Labute approximate surface area is 118 Å². The van der Waals surface area contributed by atoms with E-state index in [-0.39, 0.29) is 11.8 Å². The molecule has 104 valence electrons. The number of aromatic amines is 1. The third-order valence-corrected chi connectivity index (χ3v) is 3.82. The zero-order chi connectivity index (χ0) is 14.1. The first-order valence-corrected chi connectivity index (χ1v) is 7.03. The maximum atomic E-state index is 12.3. The van der Waals surface area contributed by atoms with Crippen molar-refractivity contribution in [2.45, 2.75) is 33.1 Å². The Morgan fingerprint density at radius 2 is 2.25 bits per heavy atom. The lowest BCUT2D eigenvalue weighted by atomic mass is 9.89. The van der Waals surface area contributed by atoms with Gasteiger partial charge >= 0.3 is 0 Å². The van der Waals surface area contributed by atoms with Crippen LogP contribution >= 0.6 is 0 Å². The van der Waals surface area contributed by atoms with Crippen molar-refractivity contribution >= 4 is 11.6 Å². The summed E-state index contributed by atoms with van der Waals surface area (Å²) in [6.45, 7) is 3.98. The van der Waals surface area contributed by atoms with Crippen molar-refractivity contribution < 1.29 is 4.79 Å². The van der Waals surface area contributed by atoms with Gasteiger partial charge in [0.15, 0.2) is 0 Å². The average Bonchev–Trinajstić information content (AvgIpc) is 2.77. The predicted octanol–water partition coefficient (Wildman–Crippen LogP) is 2.77. The van der Waals surface area contributed by atoms with Gasteiger partial charge in [0.2, 0.25) is 5.91 Å². The lowest BCUT2D eigenvalue weighted by Gasteiger charge is -2.20. The van der Waals surface area contributed by atoms with Crippen molar-refractivity contribution in [2.24, 2.45) is 5.92 Å². The first-order valence-electron chi connectivity index (χ1n) is 7.03. The fourth-order valence-corrected chi connectivity index (χ4v) is 2.81. The average molecular weight is 269 g/mol. The van der Waals surface area contributed by atoms with Crippen molar-refractivity contribution in [3.05, 3.63) is 47.0 Å². The molecule has 1 unspecified atom stereocenters. The topological polar surface area (TPSA) is 57.8 Å². The van der Waals surface area contributed by atoms with E-state index in [0.717, 1.165) is 47.7 Å². The summed E-state index contributed by atoms with van der Waals surface area (Å²) in [5, 5.41) is 3.02. The highest BCUT2D eigenvalue weighted by Gasteiger charge is 2.26. The lowest BCUT2D eigenvalue weighted by molar-refractivity contribution is -0.120. The summed E-state index contributed by atoms with van der Waals surface area (Å²) in [5.74, 6) is 1.08. The Hall–Kier alpha value is -2.10. The Morgan fingerprint density at radius 3 is 3.05 bits per heavy atom. The Morgan fingerprint density at radius 1 is 1.40 bits per heavy atom. The second kappa shape index (κ2) is 5.12. The van der Waals surface area contributed by atoms with Crippen LogP contribution in [0.4, 0.5) is 5.69 Å². The molecule has 1 heterocycles. The zero-order valence-electron chi connectivity index (χ0n) is 11.9. The summed E-state index contributed by atoms with van der Waals surface area (Å²) < 4.78 is 0. The molecule has 2 N–H and O–H groups in total. The molecule has 1 aromatic carbocycles. The van der Waals surface area contributed by atoms with E-state index in [4.69, 9.17) is 0 Å². The van der Waals surface area contributed by atoms with E-state index >= 15 is 0 Å². The summed E-state index contributed by atoms with van der Waals surface area (Å²) in [5.41, 5.74) is 4.28. The first kappa shape index (κ1) is 12.9. The minimum atomic E-state index is 0.0304. The van der Waals surface area contributed by atoms with Crippen LogP contribution in [0.5, 0.6) is 0 Å². The van der Waals surface area contributed by atoms with E-state index < -0.39 is 0 Å². The van der Waals surface area contributed by atoms with E-state index in [9.17, 15) is 4.79 Å². The number of benzene rings is 1. The minimum Gasteiger partial charge on any atom is -0.346 e. The van der Waals surface area contributed by atoms with Crippen LogP contribution in [-0.2, 0) is 17.6 Å². The summed E-state index contributed by atoms with van der Waals surface area (Å²) in [6.07, 6.45) is 2.51.